The predicted octanol–water partition coefficient (Wildman–Crippen LogP) is 1.71. The fraction of sp³-hybridized carbons (Fsp3) is 0.158. The number of fused-ring (bicyclic) bond motifs is 1. The first-order valence-electron chi connectivity index (χ1n) is 8.23. The second-order valence-electron chi connectivity index (χ2n) is 5.63. The summed E-state index contributed by atoms with van der Waals surface area (Å²) in [4.78, 5) is 38.7. The van der Waals surface area contributed by atoms with Gasteiger partial charge in [-0.3, -0.25) is 14.6 Å². The van der Waals surface area contributed by atoms with Gasteiger partial charge in [-0.05, 0) is 30.3 Å². The molecule has 2 amide bonds. The number of ether oxygens (including phenoxy) is 1. The van der Waals surface area contributed by atoms with Crippen molar-refractivity contribution in [2.45, 2.75) is 6.42 Å². The van der Waals surface area contributed by atoms with Crippen molar-refractivity contribution in [3.8, 4) is 5.75 Å². The number of benzene rings is 1. The molecule has 2 heterocycles. The molecule has 0 atom stereocenters. The van der Waals surface area contributed by atoms with Gasteiger partial charge in [-0.15, -0.1) is 0 Å². The zero-order chi connectivity index (χ0) is 19.1. The molecular weight excluding hydrogens is 350 g/mol. The van der Waals surface area contributed by atoms with Gasteiger partial charge in [0, 0.05) is 36.7 Å². The topological polar surface area (TPSA) is 111 Å². The summed E-state index contributed by atoms with van der Waals surface area (Å²) in [5.74, 6) is -0.186. The molecule has 3 rings (SSSR count). The average Bonchev–Trinajstić information content (AvgIpc) is 2.66. The van der Waals surface area contributed by atoms with E-state index in [0.717, 1.165) is 5.39 Å². The third-order valence-electron chi connectivity index (χ3n) is 3.58. The second-order valence-corrected chi connectivity index (χ2v) is 5.63. The maximum absolute atomic E-state index is 11.8. The van der Waals surface area contributed by atoms with Gasteiger partial charge >= 0.3 is 5.63 Å². The van der Waals surface area contributed by atoms with Gasteiger partial charge in [-0.1, -0.05) is 0 Å². The van der Waals surface area contributed by atoms with Crippen LogP contribution in [0.25, 0.3) is 11.0 Å². The number of aromatic nitrogens is 1. The Balaban J connectivity index is 1.42. The van der Waals surface area contributed by atoms with Gasteiger partial charge in [-0.25, -0.2) is 4.79 Å². The van der Waals surface area contributed by atoms with Crippen LogP contribution in [0.3, 0.4) is 0 Å². The van der Waals surface area contributed by atoms with Crippen molar-refractivity contribution >= 4 is 28.5 Å². The lowest BCUT2D eigenvalue weighted by atomic mass is 10.2. The number of pyridine rings is 1. The predicted molar refractivity (Wildman–Crippen MR) is 98.5 cm³/mol. The summed E-state index contributed by atoms with van der Waals surface area (Å²) in [7, 11) is 0. The molecule has 0 bridgehead atoms. The summed E-state index contributed by atoms with van der Waals surface area (Å²) in [6.45, 7) is -0.0340. The molecule has 0 radical (unpaired) electrons. The Morgan fingerprint density at radius 3 is 2.78 bits per heavy atom. The molecule has 0 saturated heterocycles. The molecule has 0 fully saturated rings. The maximum atomic E-state index is 11.8. The molecule has 0 aliphatic carbocycles. The van der Waals surface area contributed by atoms with E-state index in [1.807, 2.05) is 0 Å². The van der Waals surface area contributed by atoms with Gasteiger partial charge in [-0.2, -0.15) is 0 Å². The van der Waals surface area contributed by atoms with E-state index in [9.17, 15) is 14.4 Å². The Kier molecular flexibility index (Phi) is 5.78. The number of anilines is 1. The minimum atomic E-state index is -0.457. The summed E-state index contributed by atoms with van der Waals surface area (Å²) in [5, 5.41) is 6.03. The molecule has 0 aliphatic heterocycles. The van der Waals surface area contributed by atoms with Gasteiger partial charge in [0.15, 0.2) is 6.61 Å². The molecule has 27 heavy (non-hydrogen) atoms. The van der Waals surface area contributed by atoms with Gasteiger partial charge in [0.05, 0.1) is 11.9 Å². The first kappa shape index (κ1) is 18.1. The molecule has 8 nitrogen and oxygen atoms in total. The number of hydrogen-bond donors (Lipinski definition) is 2. The molecule has 0 aliphatic rings. The van der Waals surface area contributed by atoms with Crippen LogP contribution in [0.2, 0.25) is 0 Å². The lowest BCUT2D eigenvalue weighted by molar-refractivity contribution is -0.123. The van der Waals surface area contributed by atoms with Crippen LogP contribution in [-0.4, -0.2) is 29.9 Å². The smallest absolute Gasteiger partial charge is 0.336 e. The Labute approximate surface area is 154 Å². The Morgan fingerprint density at radius 1 is 1.11 bits per heavy atom. The first-order chi connectivity index (χ1) is 13.1. The van der Waals surface area contributed by atoms with Crippen LogP contribution >= 0.6 is 0 Å². The molecular formula is C19H17N3O5. The Hall–Kier alpha value is -3.68. The molecule has 8 heteroatoms. The maximum Gasteiger partial charge on any atom is 0.336 e. The zero-order valence-corrected chi connectivity index (χ0v) is 14.3. The van der Waals surface area contributed by atoms with Crippen LogP contribution in [0.5, 0.6) is 5.75 Å². The van der Waals surface area contributed by atoms with E-state index in [1.54, 1.807) is 42.6 Å². The highest BCUT2D eigenvalue weighted by molar-refractivity contribution is 5.91. The van der Waals surface area contributed by atoms with Gasteiger partial charge in [0.1, 0.15) is 11.3 Å². The minimum absolute atomic E-state index is 0.127. The molecule has 0 unspecified atom stereocenters. The number of nitrogens with one attached hydrogen (secondary N) is 2. The highest BCUT2D eigenvalue weighted by Crippen LogP contribution is 2.19. The normalized spacial score (nSPS) is 10.4. The Bertz CT molecular complexity index is 1000. The van der Waals surface area contributed by atoms with E-state index in [0.29, 0.717) is 17.0 Å². The van der Waals surface area contributed by atoms with Crippen LogP contribution in [0.4, 0.5) is 5.69 Å². The number of hydrogen-bond acceptors (Lipinski definition) is 6. The second kappa shape index (κ2) is 8.61. The summed E-state index contributed by atoms with van der Waals surface area (Å²) in [5.41, 5.74) is 0.523. The lowest BCUT2D eigenvalue weighted by Gasteiger charge is -2.08. The van der Waals surface area contributed by atoms with Crippen LogP contribution in [0.15, 0.2) is 64.1 Å². The average molecular weight is 367 g/mol. The number of carbonyl (C=O) groups excluding carboxylic acids is 2. The summed E-state index contributed by atoms with van der Waals surface area (Å²) in [6.07, 6.45) is 3.27. The molecule has 1 aromatic carbocycles. The molecule has 0 spiro atoms. The highest BCUT2D eigenvalue weighted by atomic mass is 16.5. The van der Waals surface area contributed by atoms with E-state index in [4.69, 9.17) is 9.15 Å². The van der Waals surface area contributed by atoms with E-state index in [2.05, 4.69) is 15.6 Å². The largest absolute Gasteiger partial charge is 0.484 e. The van der Waals surface area contributed by atoms with E-state index in [-0.39, 0.29) is 31.4 Å². The Morgan fingerprint density at radius 2 is 1.96 bits per heavy atom. The van der Waals surface area contributed by atoms with Crippen LogP contribution in [0.1, 0.15) is 6.42 Å². The van der Waals surface area contributed by atoms with Crippen molar-refractivity contribution in [2.75, 3.05) is 18.5 Å². The molecule has 0 saturated carbocycles. The highest BCUT2D eigenvalue weighted by Gasteiger charge is 2.07. The van der Waals surface area contributed by atoms with Crippen LogP contribution in [0, 0.1) is 0 Å². The molecule has 2 N–H and O–H groups in total. The fourth-order valence-corrected chi connectivity index (χ4v) is 2.31. The zero-order valence-electron chi connectivity index (χ0n) is 14.3. The first-order valence-corrected chi connectivity index (χ1v) is 8.23. The van der Waals surface area contributed by atoms with Crippen molar-refractivity contribution in [1.82, 2.24) is 10.3 Å². The molecule has 3 aromatic rings. The number of rotatable bonds is 7. The van der Waals surface area contributed by atoms with Crippen molar-refractivity contribution in [3.63, 3.8) is 0 Å². The van der Waals surface area contributed by atoms with Gasteiger partial charge < -0.3 is 19.8 Å². The summed E-state index contributed by atoms with van der Waals surface area (Å²) in [6, 6.07) is 11.4. The standard InChI is InChI=1S/C19H17N3O5/c23-17(22-14-2-1-8-20-11-14)7-9-21-18(24)12-26-15-5-3-13-4-6-19(25)27-16(13)10-15/h1-6,8,10-11H,7,9,12H2,(H,21,24)(H,22,23). The number of nitrogens with zero attached hydrogens (tertiary/aromatic N) is 1. The van der Waals surface area contributed by atoms with Crippen LogP contribution in [-0.2, 0) is 9.59 Å². The third kappa shape index (κ3) is 5.40. The fourth-order valence-electron chi connectivity index (χ4n) is 2.31. The third-order valence-corrected chi connectivity index (χ3v) is 3.58. The lowest BCUT2D eigenvalue weighted by Crippen LogP contribution is -2.31. The number of amides is 2. The van der Waals surface area contributed by atoms with E-state index in [1.165, 1.54) is 12.3 Å². The van der Waals surface area contributed by atoms with Crippen molar-refractivity contribution in [1.29, 1.82) is 0 Å². The van der Waals surface area contributed by atoms with E-state index >= 15 is 0 Å². The van der Waals surface area contributed by atoms with Gasteiger partial charge in [0.2, 0.25) is 5.91 Å². The SMILES string of the molecule is O=C(COc1ccc2ccc(=O)oc2c1)NCCC(=O)Nc1cccnc1. The van der Waals surface area contributed by atoms with Crippen molar-refractivity contribution in [3.05, 3.63) is 65.3 Å². The summed E-state index contributed by atoms with van der Waals surface area (Å²) >= 11 is 0. The molecule has 2 aromatic heterocycles. The van der Waals surface area contributed by atoms with E-state index < -0.39 is 5.63 Å². The van der Waals surface area contributed by atoms with Crippen molar-refractivity contribution in [2.24, 2.45) is 0 Å². The minimum Gasteiger partial charge on any atom is -0.484 e. The monoisotopic (exact) mass is 367 g/mol. The number of carbonyl (C=O) groups is 2. The molecule has 138 valence electrons. The van der Waals surface area contributed by atoms with Crippen LogP contribution < -0.4 is 21.0 Å². The van der Waals surface area contributed by atoms with Gasteiger partial charge in [0.25, 0.3) is 5.91 Å². The van der Waals surface area contributed by atoms with Crippen molar-refractivity contribution < 1.29 is 18.7 Å². The summed E-state index contributed by atoms with van der Waals surface area (Å²) < 4.78 is 10.5. The quantitative estimate of drug-likeness (QED) is 0.615.